The number of rotatable bonds is 3. The smallest absolute Gasteiger partial charge is 0.354 e. The summed E-state index contributed by atoms with van der Waals surface area (Å²) in [5.41, 5.74) is 3.36. The lowest BCUT2D eigenvalue weighted by Crippen LogP contribution is -2.01. The molecule has 0 saturated carbocycles. The number of nitrogens with one attached hydrogen (secondary N) is 2. The maximum absolute atomic E-state index is 11.2. The van der Waals surface area contributed by atoms with Gasteiger partial charge in [-0.15, -0.1) is 0 Å². The van der Waals surface area contributed by atoms with Crippen LogP contribution in [0.5, 0.6) is 0 Å². The van der Waals surface area contributed by atoms with Crippen LogP contribution in [-0.4, -0.2) is 55.5 Å². The van der Waals surface area contributed by atoms with E-state index < -0.39 is 5.97 Å². The Morgan fingerprint density at radius 3 is 2.57 bits per heavy atom. The van der Waals surface area contributed by atoms with Crippen molar-refractivity contribution in [2.24, 2.45) is 0 Å². The van der Waals surface area contributed by atoms with Gasteiger partial charge in [0.15, 0.2) is 34.3 Å². The van der Waals surface area contributed by atoms with Crippen LogP contribution in [0.4, 0.5) is 0 Å². The lowest BCUT2D eigenvalue weighted by molar-refractivity contribution is 0.0691. The highest BCUT2D eigenvalue weighted by Crippen LogP contribution is 2.27. The third-order valence-electron chi connectivity index (χ3n) is 4.65. The molecule has 0 saturated heterocycles. The van der Waals surface area contributed by atoms with E-state index in [2.05, 4.69) is 39.9 Å². The third kappa shape index (κ3) is 2.35. The Morgan fingerprint density at radius 2 is 1.70 bits per heavy atom. The summed E-state index contributed by atoms with van der Waals surface area (Å²) in [5, 5.41) is 9.18. The highest BCUT2D eigenvalue weighted by molar-refractivity contribution is 5.89. The largest absolute Gasteiger partial charge is 0.477 e. The lowest BCUT2D eigenvalue weighted by Gasteiger charge is -2.02. The normalized spacial score (nSPS) is 11.6. The Hall–Kier alpha value is -4.67. The number of H-pyrrole nitrogens is 2. The zero-order chi connectivity index (χ0) is 20.2. The molecule has 0 aromatic carbocycles. The second-order valence-electron chi connectivity index (χ2n) is 6.51. The average molecular weight is 397 g/mol. The molecule has 6 heterocycles. The molecule has 0 atom stereocenters. The van der Waals surface area contributed by atoms with Gasteiger partial charge in [-0.2, -0.15) is 4.98 Å². The van der Waals surface area contributed by atoms with Crippen LogP contribution in [0.2, 0.25) is 0 Å². The molecule has 0 fully saturated rings. The molecule has 6 aromatic rings. The standard InChI is InChI=1S/C19H11N9O2/c29-18(30)12-6-5-10-14(23-12)26-15(22-10)17-24-11-4-2-8-21-16(11)28(17)19-25-9-3-1-7-20-13(9)27-19/h1-8H,(H,29,30)(H,20,25,27)(H,22,23,26). The number of carboxylic acid groups (broad SMARTS) is 1. The van der Waals surface area contributed by atoms with Crippen molar-refractivity contribution in [3.63, 3.8) is 0 Å². The van der Waals surface area contributed by atoms with Gasteiger partial charge in [-0.3, -0.25) is 0 Å². The summed E-state index contributed by atoms with van der Waals surface area (Å²) in [4.78, 5) is 44.1. The molecule has 11 heteroatoms. The first kappa shape index (κ1) is 16.3. The van der Waals surface area contributed by atoms with Crippen molar-refractivity contribution in [1.82, 2.24) is 44.4 Å². The van der Waals surface area contributed by atoms with Gasteiger partial charge in [0.05, 0.1) is 11.0 Å². The van der Waals surface area contributed by atoms with E-state index in [1.165, 1.54) is 6.07 Å². The van der Waals surface area contributed by atoms with E-state index in [-0.39, 0.29) is 11.3 Å². The Labute approximate surface area is 166 Å². The molecular weight excluding hydrogens is 386 g/mol. The number of aromatic amines is 2. The predicted octanol–water partition coefficient (Wildman–Crippen LogP) is 2.33. The maximum Gasteiger partial charge on any atom is 0.354 e. The summed E-state index contributed by atoms with van der Waals surface area (Å²) in [7, 11) is 0. The fraction of sp³-hybridized carbons (Fsp3) is 0. The molecule has 0 amide bonds. The van der Waals surface area contributed by atoms with E-state index in [4.69, 9.17) is 0 Å². The number of carbonyl (C=O) groups is 1. The van der Waals surface area contributed by atoms with Crippen LogP contribution in [-0.2, 0) is 0 Å². The van der Waals surface area contributed by atoms with Crippen LogP contribution in [0.25, 0.3) is 51.1 Å². The second kappa shape index (κ2) is 5.91. The number of aromatic nitrogens is 9. The lowest BCUT2D eigenvalue weighted by atomic mass is 10.3. The number of hydrogen-bond donors (Lipinski definition) is 3. The summed E-state index contributed by atoms with van der Waals surface area (Å²) < 4.78 is 1.74. The van der Waals surface area contributed by atoms with Crippen molar-refractivity contribution in [2.75, 3.05) is 0 Å². The maximum atomic E-state index is 11.2. The Morgan fingerprint density at radius 1 is 0.867 bits per heavy atom. The molecule has 0 aliphatic heterocycles. The summed E-state index contributed by atoms with van der Waals surface area (Å²) in [5.74, 6) is 0.233. The third-order valence-corrected chi connectivity index (χ3v) is 4.65. The van der Waals surface area contributed by atoms with Crippen molar-refractivity contribution in [3.8, 4) is 17.6 Å². The molecular formula is C19H11N9O2. The molecule has 0 radical (unpaired) electrons. The zero-order valence-electron chi connectivity index (χ0n) is 15.1. The van der Waals surface area contributed by atoms with E-state index in [9.17, 15) is 9.90 Å². The van der Waals surface area contributed by atoms with Crippen molar-refractivity contribution in [1.29, 1.82) is 0 Å². The Balaban J connectivity index is 1.62. The van der Waals surface area contributed by atoms with Crippen LogP contribution in [0.15, 0.2) is 48.8 Å². The van der Waals surface area contributed by atoms with E-state index >= 15 is 0 Å². The number of fused-ring (bicyclic) bond motifs is 3. The summed E-state index contributed by atoms with van der Waals surface area (Å²) >= 11 is 0. The second-order valence-corrected chi connectivity index (χ2v) is 6.51. The molecule has 11 nitrogen and oxygen atoms in total. The SMILES string of the molecule is O=C(O)c1ccc2[nH]c(-c3nc4cccnc4n3-c3nc4ncccc4[nH]3)nc2n1. The van der Waals surface area contributed by atoms with E-state index in [1.54, 1.807) is 29.1 Å². The molecule has 0 aliphatic rings. The van der Waals surface area contributed by atoms with Gasteiger partial charge in [-0.25, -0.2) is 34.3 Å². The molecule has 6 rings (SSSR count). The minimum atomic E-state index is -1.12. The minimum Gasteiger partial charge on any atom is -0.477 e. The molecule has 0 spiro atoms. The Kier molecular flexibility index (Phi) is 3.21. The average Bonchev–Trinajstić information content (AvgIpc) is 3.46. The van der Waals surface area contributed by atoms with Gasteiger partial charge in [0.25, 0.3) is 0 Å². The van der Waals surface area contributed by atoms with Crippen LogP contribution in [0.3, 0.4) is 0 Å². The molecule has 3 N–H and O–H groups in total. The number of hydrogen-bond acceptors (Lipinski definition) is 7. The van der Waals surface area contributed by atoms with Crippen LogP contribution in [0.1, 0.15) is 10.5 Å². The van der Waals surface area contributed by atoms with Gasteiger partial charge in [0.1, 0.15) is 5.52 Å². The number of carboxylic acids is 1. The molecule has 0 unspecified atom stereocenters. The van der Waals surface area contributed by atoms with Gasteiger partial charge in [0.2, 0.25) is 5.95 Å². The molecule has 0 bridgehead atoms. The number of nitrogens with zero attached hydrogens (tertiary/aromatic N) is 7. The highest BCUT2D eigenvalue weighted by atomic mass is 16.4. The van der Waals surface area contributed by atoms with Gasteiger partial charge >= 0.3 is 5.97 Å². The van der Waals surface area contributed by atoms with E-state index in [0.717, 1.165) is 5.52 Å². The van der Waals surface area contributed by atoms with Crippen molar-refractivity contribution in [3.05, 3.63) is 54.5 Å². The van der Waals surface area contributed by atoms with Crippen LogP contribution in [0, 0.1) is 0 Å². The first-order valence-electron chi connectivity index (χ1n) is 8.92. The van der Waals surface area contributed by atoms with Crippen molar-refractivity contribution < 1.29 is 9.90 Å². The van der Waals surface area contributed by atoms with Gasteiger partial charge in [-0.05, 0) is 36.4 Å². The van der Waals surface area contributed by atoms with Gasteiger partial charge in [-0.1, -0.05) is 0 Å². The van der Waals surface area contributed by atoms with E-state index in [0.29, 0.717) is 39.9 Å². The number of pyridine rings is 3. The van der Waals surface area contributed by atoms with Crippen LogP contribution < -0.4 is 0 Å². The molecule has 144 valence electrons. The van der Waals surface area contributed by atoms with Crippen LogP contribution >= 0.6 is 0 Å². The first-order valence-corrected chi connectivity index (χ1v) is 8.92. The fourth-order valence-electron chi connectivity index (χ4n) is 3.33. The number of aromatic carboxylic acids is 1. The summed E-state index contributed by atoms with van der Waals surface area (Å²) in [6.45, 7) is 0. The summed E-state index contributed by atoms with van der Waals surface area (Å²) in [6, 6.07) is 10.4. The fourth-order valence-corrected chi connectivity index (χ4v) is 3.33. The van der Waals surface area contributed by atoms with Crippen molar-refractivity contribution in [2.45, 2.75) is 0 Å². The van der Waals surface area contributed by atoms with Gasteiger partial charge in [0, 0.05) is 12.4 Å². The summed E-state index contributed by atoms with van der Waals surface area (Å²) in [6.07, 6.45) is 3.34. The minimum absolute atomic E-state index is 0.0842. The van der Waals surface area contributed by atoms with Crippen molar-refractivity contribution >= 4 is 39.5 Å². The van der Waals surface area contributed by atoms with Gasteiger partial charge < -0.3 is 15.1 Å². The monoisotopic (exact) mass is 397 g/mol. The number of imidazole rings is 3. The quantitative estimate of drug-likeness (QED) is 0.411. The molecule has 0 aliphatic carbocycles. The predicted molar refractivity (Wildman–Crippen MR) is 106 cm³/mol. The molecule has 30 heavy (non-hydrogen) atoms. The molecule has 6 aromatic heterocycles. The zero-order valence-corrected chi connectivity index (χ0v) is 15.1. The highest BCUT2D eigenvalue weighted by Gasteiger charge is 2.21. The van der Waals surface area contributed by atoms with E-state index in [1.807, 2.05) is 18.2 Å². The topological polar surface area (TPSA) is 151 Å². The Bertz CT molecular complexity index is 1560. The first-order chi connectivity index (χ1) is 14.7.